The Morgan fingerprint density at radius 1 is 1.32 bits per heavy atom. The van der Waals surface area contributed by atoms with Crippen molar-refractivity contribution in [2.45, 2.75) is 45.4 Å². The summed E-state index contributed by atoms with van der Waals surface area (Å²) >= 11 is 0. The molecule has 2 N–H and O–H groups in total. The van der Waals surface area contributed by atoms with E-state index in [0.717, 1.165) is 0 Å². The third-order valence-corrected chi connectivity index (χ3v) is 4.34. The molecule has 0 saturated heterocycles. The second kappa shape index (κ2) is 7.21. The molecule has 0 aromatic carbocycles. The zero-order valence-electron chi connectivity index (χ0n) is 12.6. The van der Waals surface area contributed by atoms with Gasteiger partial charge in [-0.05, 0) is 25.8 Å². The Hall–Kier alpha value is -0.660. The number of carbonyl (C=O) groups excluding carboxylic acids is 1. The second-order valence-electron chi connectivity index (χ2n) is 5.88. The van der Waals surface area contributed by atoms with Crippen LogP contribution in [0.1, 0.15) is 34.1 Å². The maximum atomic E-state index is 12.0. The van der Waals surface area contributed by atoms with E-state index in [1.165, 1.54) is 14.0 Å². The number of likely N-dealkylation sites (N-methyl/N-ethyl adjacent to an activating group) is 1. The largest absolute Gasteiger partial charge is 0.383 e. The van der Waals surface area contributed by atoms with Gasteiger partial charge in [0.1, 0.15) is 5.25 Å². The molecule has 114 valence electrons. The summed E-state index contributed by atoms with van der Waals surface area (Å²) < 4.78 is 30.7. The summed E-state index contributed by atoms with van der Waals surface area (Å²) in [5.41, 5.74) is -0.0765. The van der Waals surface area contributed by atoms with Crippen molar-refractivity contribution < 1.29 is 17.9 Å². The standard InChI is InChI=1S/C12H26N2O4S/c1-9(8-18-6)19(16,17)14-11(15)10(13-5)7-12(2,3)4/h9-10,13H,7-8H2,1-6H3,(H,14,15). The van der Waals surface area contributed by atoms with Crippen LogP contribution in [0.5, 0.6) is 0 Å². The van der Waals surface area contributed by atoms with E-state index in [0.29, 0.717) is 6.42 Å². The molecule has 0 fully saturated rings. The molecule has 0 aliphatic heterocycles. The van der Waals surface area contributed by atoms with Crippen molar-refractivity contribution in [2.24, 2.45) is 5.41 Å². The molecule has 19 heavy (non-hydrogen) atoms. The molecule has 0 aliphatic rings. The van der Waals surface area contributed by atoms with Crippen LogP contribution >= 0.6 is 0 Å². The van der Waals surface area contributed by atoms with Crippen LogP contribution in [0.4, 0.5) is 0 Å². The Bertz CT molecular complexity index is 387. The third-order valence-electron chi connectivity index (χ3n) is 2.66. The number of rotatable bonds is 7. The normalized spacial score (nSPS) is 15.9. The maximum Gasteiger partial charge on any atom is 0.250 e. The van der Waals surface area contributed by atoms with Crippen LogP contribution in [0, 0.1) is 5.41 Å². The third kappa shape index (κ3) is 6.89. The Kier molecular flexibility index (Phi) is 6.96. The first-order chi connectivity index (χ1) is 8.53. The summed E-state index contributed by atoms with van der Waals surface area (Å²) in [7, 11) is -0.636. The van der Waals surface area contributed by atoms with E-state index in [9.17, 15) is 13.2 Å². The van der Waals surface area contributed by atoms with Gasteiger partial charge in [0.05, 0.1) is 12.6 Å². The molecule has 0 spiro atoms. The van der Waals surface area contributed by atoms with Crippen LogP contribution in [0.25, 0.3) is 0 Å². The lowest BCUT2D eigenvalue weighted by Gasteiger charge is -2.25. The molecule has 0 bridgehead atoms. The Morgan fingerprint density at radius 3 is 2.21 bits per heavy atom. The number of carbonyl (C=O) groups is 1. The minimum Gasteiger partial charge on any atom is -0.383 e. The zero-order valence-corrected chi connectivity index (χ0v) is 13.4. The molecule has 0 aliphatic carbocycles. The van der Waals surface area contributed by atoms with Crippen molar-refractivity contribution in [2.75, 3.05) is 20.8 Å². The average molecular weight is 294 g/mol. The number of hydrogen-bond donors (Lipinski definition) is 2. The highest BCUT2D eigenvalue weighted by Crippen LogP contribution is 2.20. The summed E-state index contributed by atoms with van der Waals surface area (Å²) in [4.78, 5) is 12.0. The van der Waals surface area contributed by atoms with Crippen LogP contribution in [0.2, 0.25) is 0 Å². The molecule has 0 aromatic rings. The fraction of sp³-hybridized carbons (Fsp3) is 0.917. The van der Waals surface area contributed by atoms with Gasteiger partial charge in [-0.15, -0.1) is 0 Å². The fourth-order valence-electron chi connectivity index (χ4n) is 1.57. The lowest BCUT2D eigenvalue weighted by Crippen LogP contribution is -2.49. The van der Waals surface area contributed by atoms with Crippen molar-refractivity contribution in [1.82, 2.24) is 10.0 Å². The fourth-order valence-corrected chi connectivity index (χ4v) is 2.51. The van der Waals surface area contributed by atoms with E-state index in [1.54, 1.807) is 7.05 Å². The van der Waals surface area contributed by atoms with Gasteiger partial charge >= 0.3 is 0 Å². The van der Waals surface area contributed by atoms with Gasteiger partial charge in [0.15, 0.2) is 0 Å². The second-order valence-corrected chi connectivity index (χ2v) is 7.98. The first-order valence-corrected chi connectivity index (χ1v) is 7.80. The van der Waals surface area contributed by atoms with Gasteiger partial charge in [0.25, 0.3) is 5.91 Å². The molecular weight excluding hydrogens is 268 g/mol. The summed E-state index contributed by atoms with van der Waals surface area (Å²) in [6, 6.07) is -0.537. The number of nitrogens with one attached hydrogen (secondary N) is 2. The molecular formula is C12H26N2O4S. The van der Waals surface area contributed by atoms with E-state index in [2.05, 4.69) is 10.0 Å². The summed E-state index contributed by atoms with van der Waals surface area (Å²) in [6.07, 6.45) is 0.545. The highest BCUT2D eigenvalue weighted by Gasteiger charge is 2.29. The zero-order chi connectivity index (χ0) is 15.3. The van der Waals surface area contributed by atoms with Gasteiger partial charge in [-0.3, -0.25) is 9.52 Å². The smallest absolute Gasteiger partial charge is 0.250 e. The van der Waals surface area contributed by atoms with E-state index < -0.39 is 27.2 Å². The Balaban J connectivity index is 4.74. The molecule has 1 amide bonds. The minimum absolute atomic E-state index is 0.0477. The van der Waals surface area contributed by atoms with Crippen LogP contribution in [-0.2, 0) is 19.6 Å². The highest BCUT2D eigenvalue weighted by atomic mass is 32.2. The van der Waals surface area contributed by atoms with Gasteiger partial charge in [-0.2, -0.15) is 0 Å². The first-order valence-electron chi connectivity index (χ1n) is 6.25. The molecule has 0 aromatic heterocycles. The molecule has 0 rings (SSSR count). The van der Waals surface area contributed by atoms with Gasteiger partial charge in [0, 0.05) is 7.11 Å². The lowest BCUT2D eigenvalue weighted by molar-refractivity contribution is -0.121. The predicted molar refractivity (Wildman–Crippen MR) is 75.3 cm³/mol. The molecule has 7 heteroatoms. The number of methoxy groups -OCH3 is 1. The molecule has 0 radical (unpaired) electrons. The molecule has 2 atom stereocenters. The van der Waals surface area contributed by atoms with Crippen molar-refractivity contribution in [3.05, 3.63) is 0 Å². The first kappa shape index (κ1) is 18.3. The highest BCUT2D eigenvalue weighted by molar-refractivity contribution is 7.90. The summed E-state index contributed by atoms with van der Waals surface area (Å²) in [5.74, 6) is -0.527. The van der Waals surface area contributed by atoms with E-state index in [-0.39, 0.29) is 12.0 Å². The van der Waals surface area contributed by atoms with Crippen molar-refractivity contribution >= 4 is 15.9 Å². The van der Waals surface area contributed by atoms with Crippen LogP contribution in [0.3, 0.4) is 0 Å². The maximum absolute atomic E-state index is 12.0. The monoisotopic (exact) mass is 294 g/mol. The molecule has 2 unspecified atom stereocenters. The summed E-state index contributed by atoms with van der Waals surface area (Å²) in [6.45, 7) is 7.52. The Morgan fingerprint density at radius 2 is 1.84 bits per heavy atom. The minimum atomic E-state index is -3.70. The average Bonchev–Trinajstić information content (AvgIpc) is 2.24. The van der Waals surface area contributed by atoms with E-state index >= 15 is 0 Å². The molecule has 0 saturated carbocycles. The number of hydrogen-bond acceptors (Lipinski definition) is 5. The van der Waals surface area contributed by atoms with Gasteiger partial charge in [0.2, 0.25) is 10.0 Å². The number of ether oxygens (including phenoxy) is 1. The van der Waals surface area contributed by atoms with Gasteiger partial charge < -0.3 is 10.1 Å². The number of amides is 1. The Labute approximate surface area is 116 Å². The van der Waals surface area contributed by atoms with E-state index in [1.807, 2.05) is 20.8 Å². The quantitative estimate of drug-likeness (QED) is 0.714. The van der Waals surface area contributed by atoms with Gasteiger partial charge in [-0.1, -0.05) is 20.8 Å². The summed E-state index contributed by atoms with van der Waals surface area (Å²) in [5, 5.41) is 2.07. The van der Waals surface area contributed by atoms with Crippen LogP contribution < -0.4 is 10.0 Å². The van der Waals surface area contributed by atoms with Crippen molar-refractivity contribution in [3.8, 4) is 0 Å². The van der Waals surface area contributed by atoms with E-state index in [4.69, 9.17) is 4.74 Å². The van der Waals surface area contributed by atoms with Crippen molar-refractivity contribution in [1.29, 1.82) is 0 Å². The predicted octanol–water partition coefficient (Wildman–Crippen LogP) is 0.492. The van der Waals surface area contributed by atoms with Crippen LogP contribution in [-0.4, -0.2) is 46.4 Å². The van der Waals surface area contributed by atoms with Gasteiger partial charge in [-0.25, -0.2) is 8.42 Å². The SMILES string of the molecule is CNC(CC(C)(C)C)C(=O)NS(=O)(=O)C(C)COC. The number of sulfonamides is 1. The van der Waals surface area contributed by atoms with Crippen LogP contribution in [0.15, 0.2) is 0 Å². The lowest BCUT2D eigenvalue weighted by atomic mass is 9.88. The topological polar surface area (TPSA) is 84.5 Å². The molecule has 0 heterocycles. The van der Waals surface area contributed by atoms with Crippen molar-refractivity contribution in [3.63, 3.8) is 0 Å². The molecule has 6 nitrogen and oxygen atoms in total.